The van der Waals surface area contributed by atoms with E-state index in [1.807, 2.05) is 11.0 Å². The summed E-state index contributed by atoms with van der Waals surface area (Å²) in [7, 11) is 0. The van der Waals surface area contributed by atoms with E-state index in [4.69, 9.17) is 0 Å². The van der Waals surface area contributed by atoms with Crippen molar-refractivity contribution in [3.63, 3.8) is 0 Å². The van der Waals surface area contributed by atoms with Gasteiger partial charge in [-0.1, -0.05) is 6.07 Å². The second-order valence-corrected chi connectivity index (χ2v) is 6.59. The Balaban J connectivity index is 1.49. The minimum absolute atomic E-state index is 0.259. The summed E-state index contributed by atoms with van der Waals surface area (Å²) in [5.41, 5.74) is 2.20. The molecule has 5 rings (SSSR count). The maximum atomic E-state index is 11.9. The highest BCUT2D eigenvalue weighted by Crippen LogP contribution is 2.31. The molecule has 21 heavy (non-hydrogen) atoms. The highest BCUT2D eigenvalue weighted by atomic mass is 16.2. The first-order valence-electron chi connectivity index (χ1n) is 8.19. The first-order chi connectivity index (χ1) is 10.3. The number of anilines is 2. The van der Waals surface area contributed by atoms with Crippen LogP contribution in [0.3, 0.4) is 0 Å². The molecule has 0 spiro atoms. The average Bonchev–Trinajstić information content (AvgIpc) is 2.95. The van der Waals surface area contributed by atoms with Gasteiger partial charge in [0.2, 0.25) is 5.91 Å². The summed E-state index contributed by atoms with van der Waals surface area (Å²) in [6, 6.07) is 8.94. The fourth-order valence-electron chi connectivity index (χ4n) is 4.03. The second kappa shape index (κ2) is 5.34. The minimum atomic E-state index is 0.259. The van der Waals surface area contributed by atoms with Gasteiger partial charge in [0.15, 0.2) is 0 Å². The molecule has 4 saturated heterocycles. The number of hydrogen-bond donors (Lipinski definition) is 1. The molecule has 112 valence electrons. The molecule has 4 heterocycles. The van der Waals surface area contributed by atoms with Crippen molar-refractivity contribution in [2.45, 2.75) is 31.7 Å². The largest absolute Gasteiger partial charge is 0.381 e. The highest BCUT2D eigenvalue weighted by Gasteiger charge is 2.34. The topological polar surface area (TPSA) is 35.6 Å². The van der Waals surface area contributed by atoms with Crippen molar-refractivity contribution >= 4 is 17.3 Å². The number of amides is 1. The standard InChI is InChI=1S/C17H23N3O/c21-17-5-2-8-20(17)15-4-1-3-14(11-15)18-16-12-19-9-6-13(16)7-10-19/h1,3-4,11,13,16,18H,2,5-10,12H2/t16-/m0/s1. The van der Waals surface area contributed by atoms with Gasteiger partial charge in [-0.25, -0.2) is 0 Å². The van der Waals surface area contributed by atoms with Crippen molar-refractivity contribution in [1.29, 1.82) is 0 Å². The van der Waals surface area contributed by atoms with Gasteiger partial charge in [-0.05, 0) is 56.5 Å². The molecular weight excluding hydrogens is 262 g/mol. The van der Waals surface area contributed by atoms with E-state index in [0.29, 0.717) is 12.5 Å². The van der Waals surface area contributed by atoms with Crippen molar-refractivity contribution in [3.05, 3.63) is 24.3 Å². The molecule has 0 aliphatic carbocycles. The van der Waals surface area contributed by atoms with Crippen molar-refractivity contribution in [2.24, 2.45) is 5.92 Å². The van der Waals surface area contributed by atoms with Gasteiger partial charge in [0.1, 0.15) is 0 Å². The lowest BCUT2D eigenvalue weighted by Gasteiger charge is -2.45. The third-order valence-electron chi connectivity index (χ3n) is 5.24. The number of piperidine rings is 3. The van der Waals surface area contributed by atoms with Crippen LogP contribution in [-0.2, 0) is 4.79 Å². The molecule has 0 unspecified atom stereocenters. The number of nitrogens with one attached hydrogen (secondary N) is 1. The summed E-state index contributed by atoms with van der Waals surface area (Å²) >= 11 is 0. The lowest BCUT2D eigenvalue weighted by atomic mass is 9.84. The van der Waals surface area contributed by atoms with Crippen LogP contribution in [0.1, 0.15) is 25.7 Å². The van der Waals surface area contributed by atoms with Crippen LogP contribution in [0.5, 0.6) is 0 Å². The molecule has 0 saturated carbocycles. The predicted molar refractivity (Wildman–Crippen MR) is 84.6 cm³/mol. The molecule has 4 fully saturated rings. The van der Waals surface area contributed by atoms with Gasteiger partial charge in [0.25, 0.3) is 0 Å². The van der Waals surface area contributed by atoms with Crippen LogP contribution < -0.4 is 10.2 Å². The van der Waals surface area contributed by atoms with Gasteiger partial charge in [-0.2, -0.15) is 0 Å². The number of carbonyl (C=O) groups is 1. The van der Waals surface area contributed by atoms with E-state index < -0.39 is 0 Å². The number of rotatable bonds is 3. The quantitative estimate of drug-likeness (QED) is 0.926. The Kier molecular flexibility index (Phi) is 3.34. The first kappa shape index (κ1) is 13.1. The fourth-order valence-corrected chi connectivity index (χ4v) is 4.03. The van der Waals surface area contributed by atoms with Crippen molar-refractivity contribution in [2.75, 3.05) is 36.4 Å². The molecule has 1 N–H and O–H groups in total. The van der Waals surface area contributed by atoms with Crippen LogP contribution in [0.15, 0.2) is 24.3 Å². The SMILES string of the molecule is O=C1CCCN1c1cccc(N[C@H]2CN3CCC2CC3)c1. The van der Waals surface area contributed by atoms with E-state index in [0.717, 1.165) is 36.8 Å². The molecule has 4 heteroatoms. The fraction of sp³-hybridized carbons (Fsp3) is 0.588. The van der Waals surface area contributed by atoms with E-state index in [1.165, 1.54) is 25.9 Å². The average molecular weight is 285 g/mol. The van der Waals surface area contributed by atoms with Gasteiger partial charge in [0, 0.05) is 36.9 Å². The van der Waals surface area contributed by atoms with E-state index in [1.54, 1.807) is 0 Å². The van der Waals surface area contributed by atoms with E-state index in [9.17, 15) is 4.79 Å². The second-order valence-electron chi connectivity index (χ2n) is 6.59. The normalized spacial score (nSPS) is 31.7. The van der Waals surface area contributed by atoms with Crippen LogP contribution in [0.4, 0.5) is 11.4 Å². The third-order valence-corrected chi connectivity index (χ3v) is 5.24. The van der Waals surface area contributed by atoms with Crippen molar-refractivity contribution in [1.82, 2.24) is 4.90 Å². The molecule has 1 atom stereocenters. The van der Waals surface area contributed by atoms with Crippen molar-refractivity contribution < 1.29 is 4.79 Å². The van der Waals surface area contributed by atoms with Crippen LogP contribution in [0.2, 0.25) is 0 Å². The van der Waals surface area contributed by atoms with Gasteiger partial charge < -0.3 is 15.1 Å². The van der Waals surface area contributed by atoms with Crippen LogP contribution >= 0.6 is 0 Å². The molecule has 1 amide bonds. The lowest BCUT2D eigenvalue weighted by molar-refractivity contribution is -0.117. The Morgan fingerprint density at radius 2 is 2.00 bits per heavy atom. The van der Waals surface area contributed by atoms with E-state index >= 15 is 0 Å². The van der Waals surface area contributed by atoms with Crippen molar-refractivity contribution in [3.8, 4) is 0 Å². The predicted octanol–water partition coefficient (Wildman–Crippen LogP) is 2.32. The van der Waals surface area contributed by atoms with Gasteiger partial charge in [0.05, 0.1) is 0 Å². The van der Waals surface area contributed by atoms with Crippen LogP contribution in [0.25, 0.3) is 0 Å². The zero-order chi connectivity index (χ0) is 14.2. The minimum Gasteiger partial charge on any atom is -0.381 e. The van der Waals surface area contributed by atoms with E-state index in [-0.39, 0.29) is 5.91 Å². The molecule has 1 aromatic carbocycles. The zero-order valence-electron chi connectivity index (χ0n) is 12.4. The zero-order valence-corrected chi connectivity index (χ0v) is 12.4. The number of nitrogens with zero attached hydrogens (tertiary/aromatic N) is 2. The molecule has 4 nitrogen and oxygen atoms in total. The van der Waals surface area contributed by atoms with Gasteiger partial charge in [-0.15, -0.1) is 0 Å². The number of hydrogen-bond acceptors (Lipinski definition) is 3. The summed E-state index contributed by atoms with van der Waals surface area (Å²) in [6.07, 6.45) is 4.32. The Bertz CT molecular complexity index is 537. The monoisotopic (exact) mass is 285 g/mol. The van der Waals surface area contributed by atoms with Crippen LogP contribution in [-0.4, -0.2) is 43.0 Å². The maximum absolute atomic E-state index is 11.9. The first-order valence-corrected chi connectivity index (χ1v) is 8.19. The summed E-state index contributed by atoms with van der Waals surface area (Å²) < 4.78 is 0. The molecule has 4 aliphatic heterocycles. The molecule has 0 radical (unpaired) electrons. The molecule has 4 aliphatic rings. The Labute approximate surface area is 126 Å². The number of benzene rings is 1. The Hall–Kier alpha value is -1.55. The summed E-state index contributed by atoms with van der Waals surface area (Å²) in [5, 5.41) is 3.71. The molecular formula is C17H23N3O. The molecule has 2 bridgehead atoms. The summed E-state index contributed by atoms with van der Waals surface area (Å²) in [4.78, 5) is 16.4. The van der Waals surface area contributed by atoms with E-state index in [2.05, 4.69) is 28.4 Å². The maximum Gasteiger partial charge on any atom is 0.227 e. The molecule has 0 aromatic heterocycles. The molecule has 1 aromatic rings. The lowest BCUT2D eigenvalue weighted by Crippen LogP contribution is -2.53. The Morgan fingerprint density at radius 1 is 1.14 bits per heavy atom. The number of carbonyl (C=O) groups excluding carboxylic acids is 1. The summed E-state index contributed by atoms with van der Waals surface area (Å²) in [5.74, 6) is 1.07. The van der Waals surface area contributed by atoms with Crippen LogP contribution in [0, 0.1) is 5.92 Å². The third kappa shape index (κ3) is 2.53. The van der Waals surface area contributed by atoms with Gasteiger partial charge in [-0.3, -0.25) is 4.79 Å². The smallest absolute Gasteiger partial charge is 0.227 e. The number of fused-ring (bicyclic) bond motifs is 3. The highest BCUT2D eigenvalue weighted by molar-refractivity contribution is 5.95. The van der Waals surface area contributed by atoms with Gasteiger partial charge >= 0.3 is 0 Å². The Morgan fingerprint density at radius 3 is 2.67 bits per heavy atom. The summed E-state index contributed by atoms with van der Waals surface area (Å²) in [6.45, 7) is 4.57.